The van der Waals surface area contributed by atoms with Crippen molar-refractivity contribution in [2.45, 2.75) is 36.1 Å². The van der Waals surface area contributed by atoms with Gasteiger partial charge in [0.1, 0.15) is 11.6 Å². The van der Waals surface area contributed by atoms with Crippen molar-refractivity contribution in [3.8, 4) is 11.9 Å². The summed E-state index contributed by atoms with van der Waals surface area (Å²) >= 11 is 1.42. The highest BCUT2D eigenvalue weighted by molar-refractivity contribution is 8.00. The number of ketones is 1. The van der Waals surface area contributed by atoms with E-state index in [9.17, 15) is 48.0 Å². The fourth-order valence-corrected chi connectivity index (χ4v) is 7.13. The molecule has 0 fully saturated rings. The van der Waals surface area contributed by atoms with E-state index >= 15 is 0 Å². The molecule has 0 amide bonds. The van der Waals surface area contributed by atoms with Crippen LogP contribution in [0.5, 0.6) is 11.9 Å². The Bertz CT molecular complexity index is 1320. The molecule has 0 aromatic carbocycles. The van der Waals surface area contributed by atoms with Crippen molar-refractivity contribution in [2.75, 3.05) is 23.0 Å². The minimum absolute atomic E-state index is 0.190. The maximum atomic E-state index is 13.1. The number of rotatable bonds is 16. The summed E-state index contributed by atoms with van der Waals surface area (Å²) in [7, 11) is -8.91. The van der Waals surface area contributed by atoms with E-state index in [0.717, 1.165) is 36.3 Å². The van der Waals surface area contributed by atoms with Crippen LogP contribution >= 0.6 is 23.5 Å². The number of nitrogens with zero attached hydrogens (tertiary/aromatic N) is 4. The van der Waals surface area contributed by atoms with Crippen LogP contribution in [0, 0.1) is 0 Å². The lowest BCUT2D eigenvalue weighted by Gasteiger charge is -2.19. The smallest absolute Gasteiger partial charge is 0.388 e. The van der Waals surface area contributed by atoms with Crippen LogP contribution in [-0.2, 0) is 25.0 Å². The molecule has 2 rings (SSSR count). The Hall–Kier alpha value is -2.47. The first-order valence-electron chi connectivity index (χ1n) is 11.0. The fourth-order valence-electron chi connectivity index (χ4n) is 2.93. The minimum Gasteiger partial charge on any atom is -0.388 e. The molecule has 42 heavy (non-hydrogen) atoms. The molecule has 2 atom stereocenters. The zero-order valence-corrected chi connectivity index (χ0v) is 23.9. The highest BCUT2D eigenvalue weighted by atomic mass is 32.2. The lowest BCUT2D eigenvalue weighted by molar-refractivity contribution is -0.278. The third-order valence-electron chi connectivity index (χ3n) is 4.50. The molecule has 0 saturated carbocycles. The van der Waals surface area contributed by atoms with E-state index in [2.05, 4.69) is 29.4 Å². The Morgan fingerprint density at radius 3 is 1.88 bits per heavy atom. The van der Waals surface area contributed by atoms with Gasteiger partial charge >= 0.3 is 18.7 Å². The van der Waals surface area contributed by atoms with Crippen molar-refractivity contribution >= 4 is 49.5 Å². The third-order valence-corrected chi connectivity index (χ3v) is 8.92. The van der Waals surface area contributed by atoms with E-state index in [0.29, 0.717) is 11.8 Å². The van der Waals surface area contributed by atoms with Crippen LogP contribution in [0.1, 0.15) is 34.9 Å². The molecule has 2 heterocycles. The molecule has 2 N–H and O–H groups in total. The first-order valence-corrected chi connectivity index (χ1v) is 16.3. The lowest BCUT2D eigenvalue weighted by Crippen LogP contribution is -2.20. The molecule has 13 nitrogen and oxygen atoms in total. The average Bonchev–Trinajstić information content (AvgIpc) is 2.79. The van der Waals surface area contributed by atoms with Gasteiger partial charge in [-0.05, 0) is 6.07 Å². The molecule has 0 aliphatic carbocycles. The Morgan fingerprint density at radius 1 is 0.810 bits per heavy atom. The van der Waals surface area contributed by atoms with Crippen LogP contribution in [0.3, 0.4) is 0 Å². The van der Waals surface area contributed by atoms with Gasteiger partial charge in [0.15, 0.2) is 0 Å². The Kier molecular flexibility index (Phi) is 12.6. The van der Waals surface area contributed by atoms with Crippen molar-refractivity contribution in [1.29, 1.82) is 0 Å². The molecular weight excluding hydrogens is 670 g/mol. The van der Waals surface area contributed by atoms with Gasteiger partial charge < -0.3 is 9.47 Å². The van der Waals surface area contributed by atoms with Crippen molar-refractivity contribution in [3.05, 3.63) is 36.0 Å². The van der Waals surface area contributed by atoms with Gasteiger partial charge in [0.05, 0.1) is 27.7 Å². The monoisotopic (exact) mass is 690 g/mol. The van der Waals surface area contributed by atoms with Gasteiger partial charge in [0, 0.05) is 42.8 Å². The maximum absolute atomic E-state index is 13.1. The molecule has 0 saturated heterocycles. The van der Waals surface area contributed by atoms with E-state index in [1.807, 2.05) is 0 Å². The first-order chi connectivity index (χ1) is 19.2. The van der Waals surface area contributed by atoms with E-state index in [4.69, 9.17) is 9.11 Å². The predicted octanol–water partition coefficient (Wildman–Crippen LogP) is 3.44. The zero-order valence-electron chi connectivity index (χ0n) is 20.6. The standard InChI is InChI=1S/C19H20F6N4O9S4/c20-18(21,22)37-15-2-4-26-16(29-15)14(40-6-8-42(34,35)36)10-11(30)9-13(39-5-7-41(31,32)33)12-1-3-27-17(28-12)38-19(23,24)25/h1-4,13-14H,5-10H2,(H,31,32,33)(H,34,35,36). The molecule has 2 aromatic heterocycles. The Balaban J connectivity index is 2.32. The summed E-state index contributed by atoms with van der Waals surface area (Å²) in [5, 5.41) is -2.31. The second-order valence-corrected chi connectivity index (χ2v) is 13.6. The number of carbonyl (C=O) groups is 1. The highest BCUT2D eigenvalue weighted by Gasteiger charge is 2.34. The number of halogens is 6. The number of hydrogen-bond donors (Lipinski definition) is 2. The Morgan fingerprint density at radius 2 is 1.33 bits per heavy atom. The first kappa shape index (κ1) is 35.7. The minimum atomic E-state index is -5.15. The molecule has 23 heteroatoms. The van der Waals surface area contributed by atoms with Crippen molar-refractivity contribution < 1.29 is 66.6 Å². The van der Waals surface area contributed by atoms with Crippen LogP contribution in [0.15, 0.2) is 24.5 Å². The summed E-state index contributed by atoms with van der Waals surface area (Å²) in [5.74, 6) is -4.26. The number of hydrogen-bond acceptors (Lipinski definition) is 13. The normalized spacial score (nSPS) is 14.3. The maximum Gasteiger partial charge on any atom is 0.575 e. The molecule has 2 aromatic rings. The quantitative estimate of drug-likeness (QED) is 0.192. The van der Waals surface area contributed by atoms with Gasteiger partial charge in [-0.3, -0.25) is 13.9 Å². The van der Waals surface area contributed by atoms with Crippen LogP contribution in [0.25, 0.3) is 0 Å². The van der Waals surface area contributed by atoms with Gasteiger partial charge in [0.25, 0.3) is 20.2 Å². The van der Waals surface area contributed by atoms with Gasteiger partial charge in [0.2, 0.25) is 5.88 Å². The average molecular weight is 691 g/mol. The number of thioether (sulfide) groups is 2. The number of Topliss-reactive ketones (excluding diaryl/α,β-unsaturated/α-hetero) is 1. The Labute approximate surface area is 242 Å². The zero-order chi connectivity index (χ0) is 31.8. The van der Waals surface area contributed by atoms with Gasteiger partial charge in [-0.15, -0.1) is 38.1 Å². The predicted molar refractivity (Wildman–Crippen MR) is 135 cm³/mol. The molecule has 0 radical (unpaired) electrons. The summed E-state index contributed by atoms with van der Waals surface area (Å²) in [5.41, 5.74) is -0.190. The van der Waals surface area contributed by atoms with E-state index in [1.54, 1.807) is 0 Å². The van der Waals surface area contributed by atoms with Crippen molar-refractivity contribution in [2.24, 2.45) is 0 Å². The summed E-state index contributed by atoms with van der Waals surface area (Å²) in [4.78, 5) is 27.4. The summed E-state index contributed by atoms with van der Waals surface area (Å²) in [6, 6.07) is 0.776. The molecule has 236 valence electrons. The summed E-state index contributed by atoms with van der Waals surface area (Å²) < 4.78 is 146. The van der Waals surface area contributed by atoms with Crippen LogP contribution < -0.4 is 9.47 Å². The van der Waals surface area contributed by atoms with E-state index in [1.165, 1.54) is 0 Å². The summed E-state index contributed by atoms with van der Waals surface area (Å²) in [6.07, 6.45) is -9.59. The molecule has 0 aliphatic rings. The van der Waals surface area contributed by atoms with E-state index < -0.39 is 85.5 Å². The topological polar surface area (TPSA) is 196 Å². The molecule has 0 bridgehead atoms. The third kappa shape index (κ3) is 15.1. The number of carbonyl (C=O) groups excluding carboxylic acids is 1. The molecule has 0 spiro atoms. The van der Waals surface area contributed by atoms with Gasteiger partial charge in [-0.1, -0.05) is 0 Å². The summed E-state index contributed by atoms with van der Waals surface area (Å²) in [6.45, 7) is 0. The van der Waals surface area contributed by atoms with Crippen molar-refractivity contribution in [1.82, 2.24) is 19.9 Å². The largest absolute Gasteiger partial charge is 0.575 e. The second kappa shape index (κ2) is 14.8. The van der Waals surface area contributed by atoms with Gasteiger partial charge in [-0.2, -0.15) is 38.6 Å². The fraction of sp³-hybridized carbons (Fsp3) is 0.526. The molecular formula is C19H20F6N4O9S4. The van der Waals surface area contributed by atoms with Crippen molar-refractivity contribution in [3.63, 3.8) is 0 Å². The molecule has 2 unspecified atom stereocenters. The van der Waals surface area contributed by atoms with Crippen LogP contribution in [-0.4, -0.2) is 87.4 Å². The number of ether oxygens (including phenoxy) is 2. The van der Waals surface area contributed by atoms with Gasteiger partial charge in [-0.25, -0.2) is 9.97 Å². The highest BCUT2D eigenvalue weighted by Crippen LogP contribution is 2.37. The SMILES string of the molecule is O=C(CC(SCCS(=O)(=O)O)c1ccnc(OC(F)(F)F)n1)CC(SCCS(=O)(=O)O)c1nccc(OC(F)(F)F)n1. The number of alkyl halides is 6. The second-order valence-electron chi connectivity index (χ2n) is 7.85. The number of aromatic nitrogens is 4. The lowest BCUT2D eigenvalue weighted by atomic mass is 10.1. The van der Waals surface area contributed by atoms with Crippen LogP contribution in [0.2, 0.25) is 0 Å². The van der Waals surface area contributed by atoms with Crippen LogP contribution in [0.4, 0.5) is 26.3 Å². The van der Waals surface area contributed by atoms with E-state index in [-0.39, 0.29) is 23.0 Å². The molecule has 0 aliphatic heterocycles.